The Kier molecular flexibility index (Phi) is 3.78. The van der Waals surface area contributed by atoms with Gasteiger partial charge in [-0.25, -0.2) is 4.98 Å². The minimum atomic E-state index is -0.687. The highest BCUT2D eigenvalue weighted by Crippen LogP contribution is 2.37. The number of nitrogens with zero attached hydrogens (tertiary/aromatic N) is 2. The van der Waals surface area contributed by atoms with E-state index in [0.717, 1.165) is 17.9 Å². The van der Waals surface area contributed by atoms with Gasteiger partial charge in [0.15, 0.2) is 0 Å². The molecule has 0 bridgehead atoms. The molecule has 3 rings (SSSR count). The smallest absolute Gasteiger partial charge is 0.307 e. The molecule has 23 heavy (non-hydrogen) atoms. The Morgan fingerprint density at radius 3 is 2.57 bits per heavy atom. The first-order valence-corrected chi connectivity index (χ1v) is 8.14. The number of fused-ring (bicyclic) bond motifs is 1. The minimum absolute atomic E-state index is 0.262. The zero-order chi connectivity index (χ0) is 16.8. The highest BCUT2D eigenvalue weighted by Gasteiger charge is 2.40. The summed E-state index contributed by atoms with van der Waals surface area (Å²) in [5.74, 6) is -0.0288. The van der Waals surface area contributed by atoms with Crippen LogP contribution in [0.2, 0.25) is 0 Å². The van der Waals surface area contributed by atoms with Gasteiger partial charge in [0.2, 0.25) is 0 Å². The number of carbonyl (C=O) groups is 1. The van der Waals surface area contributed by atoms with Crippen molar-refractivity contribution in [3.8, 4) is 0 Å². The zero-order valence-electron chi connectivity index (χ0n) is 14.3. The van der Waals surface area contributed by atoms with Gasteiger partial charge < -0.3 is 10.0 Å². The van der Waals surface area contributed by atoms with Crippen LogP contribution in [0.5, 0.6) is 0 Å². The highest BCUT2D eigenvalue weighted by atomic mass is 16.4. The lowest BCUT2D eigenvalue weighted by molar-refractivity contribution is -0.146. The van der Waals surface area contributed by atoms with Crippen LogP contribution in [-0.4, -0.2) is 29.1 Å². The average molecular weight is 312 g/mol. The molecule has 0 radical (unpaired) electrons. The summed E-state index contributed by atoms with van der Waals surface area (Å²) in [4.78, 5) is 18.5. The molecule has 0 amide bonds. The molecule has 0 saturated carbocycles. The molecule has 4 nitrogen and oxygen atoms in total. The molecule has 0 aliphatic carbocycles. The predicted octanol–water partition coefficient (Wildman–Crippen LogP) is 3.79. The molecule has 0 spiro atoms. The number of rotatable bonds is 2. The third-order valence-corrected chi connectivity index (χ3v) is 5.11. The summed E-state index contributed by atoms with van der Waals surface area (Å²) in [7, 11) is 0. The molecule has 4 heteroatoms. The summed E-state index contributed by atoms with van der Waals surface area (Å²) in [5.41, 5.74) is 3.19. The fourth-order valence-electron chi connectivity index (χ4n) is 3.67. The van der Waals surface area contributed by atoms with E-state index in [2.05, 4.69) is 43.0 Å². The molecule has 122 valence electrons. The average Bonchev–Trinajstić information content (AvgIpc) is 2.49. The summed E-state index contributed by atoms with van der Waals surface area (Å²) in [6, 6.07) is 8.43. The first-order chi connectivity index (χ1) is 10.8. The van der Waals surface area contributed by atoms with Crippen LogP contribution in [0.25, 0.3) is 10.9 Å². The maximum Gasteiger partial charge on any atom is 0.307 e. The van der Waals surface area contributed by atoms with Crippen LogP contribution in [0.15, 0.2) is 24.3 Å². The van der Waals surface area contributed by atoms with Crippen LogP contribution < -0.4 is 4.90 Å². The fraction of sp³-hybridized carbons (Fsp3) is 0.474. The van der Waals surface area contributed by atoms with E-state index in [1.54, 1.807) is 0 Å². The topological polar surface area (TPSA) is 53.4 Å². The van der Waals surface area contributed by atoms with Crippen LogP contribution in [0.1, 0.15) is 31.4 Å². The Labute approximate surface area is 137 Å². The number of benzene rings is 1. The lowest BCUT2D eigenvalue weighted by Crippen LogP contribution is -2.48. The third-order valence-electron chi connectivity index (χ3n) is 5.11. The third kappa shape index (κ3) is 2.78. The molecule has 1 saturated heterocycles. The number of aryl methyl sites for hydroxylation is 2. The Bertz CT molecular complexity index is 767. The normalized spacial score (nSPS) is 20.7. The number of aliphatic carboxylic acids is 1. The monoisotopic (exact) mass is 312 g/mol. The standard InChI is InChI=1S/C19H24N2O2/c1-12-5-6-13(2)17-14(12)7-8-16(20-17)21-10-9-15(18(22)23)19(3,4)11-21/h5-8,15H,9-11H2,1-4H3,(H,22,23). The second-order valence-corrected chi connectivity index (χ2v) is 7.35. The number of carboxylic acids is 1. The minimum Gasteiger partial charge on any atom is -0.481 e. The van der Waals surface area contributed by atoms with Crippen molar-refractivity contribution < 1.29 is 9.90 Å². The second kappa shape index (κ2) is 5.52. The van der Waals surface area contributed by atoms with Crippen LogP contribution in [0, 0.1) is 25.2 Å². The zero-order valence-corrected chi connectivity index (χ0v) is 14.3. The predicted molar refractivity (Wildman–Crippen MR) is 93.0 cm³/mol. The molecule has 1 aliphatic rings. The fourth-order valence-corrected chi connectivity index (χ4v) is 3.67. The van der Waals surface area contributed by atoms with Gasteiger partial charge in [-0.2, -0.15) is 0 Å². The van der Waals surface area contributed by atoms with E-state index in [-0.39, 0.29) is 11.3 Å². The second-order valence-electron chi connectivity index (χ2n) is 7.35. The van der Waals surface area contributed by atoms with Crippen molar-refractivity contribution in [2.75, 3.05) is 18.0 Å². The Hall–Kier alpha value is -2.10. The number of anilines is 1. The first kappa shape index (κ1) is 15.8. The number of piperidine rings is 1. The van der Waals surface area contributed by atoms with Crippen molar-refractivity contribution >= 4 is 22.7 Å². The molecular weight excluding hydrogens is 288 g/mol. The highest BCUT2D eigenvalue weighted by molar-refractivity contribution is 5.86. The van der Waals surface area contributed by atoms with Gasteiger partial charge in [0, 0.05) is 18.5 Å². The summed E-state index contributed by atoms with van der Waals surface area (Å²) >= 11 is 0. The maximum absolute atomic E-state index is 11.4. The Balaban J connectivity index is 1.96. The molecule has 1 aromatic heterocycles. The molecule has 2 aromatic rings. The number of aromatic nitrogens is 1. The Morgan fingerprint density at radius 2 is 1.91 bits per heavy atom. The van der Waals surface area contributed by atoms with E-state index in [1.165, 1.54) is 16.5 Å². The number of pyridine rings is 1. The molecular formula is C19H24N2O2. The Morgan fingerprint density at radius 1 is 1.22 bits per heavy atom. The van der Waals surface area contributed by atoms with E-state index in [0.29, 0.717) is 13.0 Å². The SMILES string of the molecule is Cc1ccc(C)c2nc(N3CCC(C(=O)O)C(C)(C)C3)ccc12. The van der Waals surface area contributed by atoms with Gasteiger partial charge in [0.05, 0.1) is 11.4 Å². The van der Waals surface area contributed by atoms with Gasteiger partial charge in [-0.05, 0) is 48.9 Å². The maximum atomic E-state index is 11.4. The summed E-state index contributed by atoms with van der Waals surface area (Å²) in [6.07, 6.45) is 0.662. The van der Waals surface area contributed by atoms with Gasteiger partial charge in [-0.15, -0.1) is 0 Å². The van der Waals surface area contributed by atoms with E-state index >= 15 is 0 Å². The van der Waals surface area contributed by atoms with E-state index < -0.39 is 5.97 Å². The quantitative estimate of drug-likeness (QED) is 0.916. The lowest BCUT2D eigenvalue weighted by Gasteiger charge is -2.42. The molecule has 1 fully saturated rings. The largest absolute Gasteiger partial charge is 0.481 e. The van der Waals surface area contributed by atoms with Crippen molar-refractivity contribution in [2.24, 2.45) is 11.3 Å². The van der Waals surface area contributed by atoms with E-state index in [4.69, 9.17) is 4.98 Å². The number of hydrogen-bond donors (Lipinski definition) is 1. The number of carboxylic acid groups (broad SMARTS) is 1. The van der Waals surface area contributed by atoms with Crippen LogP contribution in [-0.2, 0) is 4.79 Å². The van der Waals surface area contributed by atoms with Crippen molar-refractivity contribution in [1.82, 2.24) is 4.98 Å². The van der Waals surface area contributed by atoms with Crippen molar-refractivity contribution in [1.29, 1.82) is 0 Å². The molecule has 2 heterocycles. The van der Waals surface area contributed by atoms with Gasteiger partial charge in [-0.3, -0.25) is 4.79 Å². The molecule has 1 aliphatic heterocycles. The van der Waals surface area contributed by atoms with Gasteiger partial charge in [0.25, 0.3) is 0 Å². The molecule has 1 N–H and O–H groups in total. The van der Waals surface area contributed by atoms with Crippen molar-refractivity contribution in [3.63, 3.8) is 0 Å². The van der Waals surface area contributed by atoms with Crippen LogP contribution >= 0.6 is 0 Å². The summed E-state index contributed by atoms with van der Waals surface area (Å²) < 4.78 is 0. The van der Waals surface area contributed by atoms with E-state index in [9.17, 15) is 9.90 Å². The summed E-state index contributed by atoms with van der Waals surface area (Å²) in [5, 5.41) is 10.6. The van der Waals surface area contributed by atoms with Crippen LogP contribution in [0.3, 0.4) is 0 Å². The van der Waals surface area contributed by atoms with Crippen LogP contribution in [0.4, 0.5) is 5.82 Å². The summed E-state index contributed by atoms with van der Waals surface area (Å²) in [6.45, 7) is 9.71. The molecule has 1 unspecified atom stereocenters. The van der Waals surface area contributed by atoms with Gasteiger partial charge in [0.1, 0.15) is 5.82 Å². The number of hydrogen-bond acceptors (Lipinski definition) is 3. The van der Waals surface area contributed by atoms with E-state index in [1.807, 2.05) is 13.8 Å². The van der Waals surface area contributed by atoms with Crippen molar-refractivity contribution in [3.05, 3.63) is 35.4 Å². The van der Waals surface area contributed by atoms with Crippen molar-refractivity contribution in [2.45, 2.75) is 34.1 Å². The molecule has 1 atom stereocenters. The van der Waals surface area contributed by atoms with Gasteiger partial charge >= 0.3 is 5.97 Å². The van der Waals surface area contributed by atoms with Gasteiger partial charge in [-0.1, -0.05) is 26.0 Å². The molecule has 1 aromatic carbocycles. The first-order valence-electron chi connectivity index (χ1n) is 8.14. The lowest BCUT2D eigenvalue weighted by atomic mass is 9.74.